The first-order chi connectivity index (χ1) is 15.9. The van der Waals surface area contributed by atoms with Crippen molar-refractivity contribution < 1.29 is 35.1 Å². The smallest absolute Gasteiger partial charge is 0.406 e. The summed E-state index contributed by atoms with van der Waals surface area (Å²) in [4.78, 5) is 11.9. The fourth-order valence-corrected chi connectivity index (χ4v) is 4.34. The number of ether oxygens (including phenoxy) is 1. The Morgan fingerprint density at radius 3 is 2.44 bits per heavy atom. The molecule has 0 aliphatic rings. The molecular weight excluding hydrogens is 485 g/mol. The summed E-state index contributed by atoms with van der Waals surface area (Å²) in [6.07, 6.45) is -4.99. The Balaban J connectivity index is 1.61. The molecule has 1 heterocycles. The van der Waals surface area contributed by atoms with Gasteiger partial charge in [0.25, 0.3) is 15.6 Å². The molecule has 0 aliphatic heterocycles. The molecule has 7 nitrogen and oxygen atoms in total. The van der Waals surface area contributed by atoms with Gasteiger partial charge in [0, 0.05) is 11.8 Å². The van der Waals surface area contributed by atoms with E-state index < -0.39 is 44.2 Å². The molecule has 0 saturated heterocycles. The van der Waals surface area contributed by atoms with Crippen LogP contribution in [0.25, 0.3) is 10.9 Å². The average molecular weight is 499 g/mol. The Bertz CT molecular complexity index is 1540. The highest BCUT2D eigenvalue weighted by Gasteiger charge is 2.31. The van der Waals surface area contributed by atoms with Crippen molar-refractivity contribution in [3.8, 4) is 5.75 Å². The van der Waals surface area contributed by atoms with E-state index in [1.165, 1.54) is 28.9 Å². The minimum Gasteiger partial charge on any atom is -0.406 e. The molecule has 0 amide bonds. The van der Waals surface area contributed by atoms with Crippen LogP contribution < -0.4 is 15.0 Å². The Hall–Kier alpha value is -3.87. The van der Waals surface area contributed by atoms with Gasteiger partial charge in [-0.25, -0.2) is 17.2 Å². The van der Waals surface area contributed by atoms with Crippen LogP contribution in [-0.2, 0) is 16.6 Å². The first-order valence-corrected chi connectivity index (χ1v) is 10.9. The van der Waals surface area contributed by atoms with Crippen molar-refractivity contribution in [1.82, 2.24) is 9.78 Å². The summed E-state index contributed by atoms with van der Waals surface area (Å²) in [6, 6.07) is 11.1. The number of rotatable bonds is 6. The first kappa shape index (κ1) is 23.3. The predicted molar refractivity (Wildman–Crippen MR) is 112 cm³/mol. The summed E-state index contributed by atoms with van der Waals surface area (Å²) in [6.45, 7) is 0.00696. The molecule has 0 atom stereocenters. The highest BCUT2D eigenvalue weighted by molar-refractivity contribution is 7.92. The normalized spacial score (nSPS) is 12.1. The lowest BCUT2D eigenvalue weighted by Gasteiger charge is -2.12. The van der Waals surface area contributed by atoms with Crippen LogP contribution in [0.2, 0.25) is 0 Å². The van der Waals surface area contributed by atoms with E-state index in [-0.39, 0.29) is 17.6 Å². The summed E-state index contributed by atoms with van der Waals surface area (Å²) in [5.41, 5.74) is 0.140. The number of alkyl halides is 3. The van der Waals surface area contributed by atoms with E-state index in [0.717, 1.165) is 30.3 Å². The predicted octanol–water partition coefficient (Wildman–Crippen LogP) is 4.36. The van der Waals surface area contributed by atoms with Gasteiger partial charge in [0.15, 0.2) is 11.6 Å². The third-order valence-electron chi connectivity index (χ3n) is 4.69. The van der Waals surface area contributed by atoms with Crippen molar-refractivity contribution in [1.29, 1.82) is 0 Å². The van der Waals surface area contributed by atoms with E-state index >= 15 is 0 Å². The van der Waals surface area contributed by atoms with Crippen LogP contribution >= 0.6 is 0 Å². The van der Waals surface area contributed by atoms with E-state index in [1.807, 2.05) is 0 Å². The maximum absolute atomic E-state index is 13.5. The van der Waals surface area contributed by atoms with Crippen LogP contribution in [0.3, 0.4) is 0 Å². The van der Waals surface area contributed by atoms with Gasteiger partial charge < -0.3 is 4.74 Å². The molecule has 2 N–H and O–H groups in total. The SMILES string of the molecule is O=c1[nH]n(Cc2ccc(F)c(F)c2)c2ccc(NS(=O)(=O)c3cccc(OC(F)(F)F)c3)cc12. The van der Waals surface area contributed by atoms with Crippen LogP contribution in [0.15, 0.2) is 70.4 Å². The molecule has 0 bridgehead atoms. The lowest BCUT2D eigenvalue weighted by atomic mass is 10.2. The lowest BCUT2D eigenvalue weighted by Crippen LogP contribution is -2.18. The van der Waals surface area contributed by atoms with E-state index in [1.54, 1.807) is 0 Å². The third-order valence-corrected chi connectivity index (χ3v) is 6.07. The van der Waals surface area contributed by atoms with Crippen molar-refractivity contribution in [3.63, 3.8) is 0 Å². The molecule has 0 radical (unpaired) electrons. The van der Waals surface area contributed by atoms with Gasteiger partial charge in [-0.15, -0.1) is 13.2 Å². The zero-order valence-electron chi connectivity index (χ0n) is 16.9. The number of benzene rings is 3. The minimum atomic E-state index is -4.99. The van der Waals surface area contributed by atoms with Crippen LogP contribution in [0.5, 0.6) is 5.75 Å². The Labute approximate surface area is 188 Å². The van der Waals surface area contributed by atoms with Gasteiger partial charge in [-0.3, -0.25) is 19.3 Å². The summed E-state index contributed by atoms with van der Waals surface area (Å²) in [5.74, 6) is -2.77. The van der Waals surface area contributed by atoms with Gasteiger partial charge in [-0.1, -0.05) is 12.1 Å². The average Bonchev–Trinajstić information content (AvgIpc) is 3.04. The largest absolute Gasteiger partial charge is 0.573 e. The van der Waals surface area contributed by atoms with Gasteiger partial charge >= 0.3 is 6.36 Å². The maximum Gasteiger partial charge on any atom is 0.573 e. The molecule has 1 aromatic heterocycles. The lowest BCUT2D eigenvalue weighted by molar-refractivity contribution is -0.274. The number of halogens is 5. The quantitative estimate of drug-likeness (QED) is 0.386. The third kappa shape index (κ3) is 5.03. The highest BCUT2D eigenvalue weighted by Crippen LogP contribution is 2.26. The molecule has 3 aromatic carbocycles. The molecule has 13 heteroatoms. The number of nitrogens with one attached hydrogen (secondary N) is 2. The molecule has 4 rings (SSSR count). The van der Waals surface area contributed by atoms with Crippen molar-refractivity contribution >= 4 is 26.6 Å². The summed E-state index contributed by atoms with van der Waals surface area (Å²) < 4.78 is 96.5. The molecule has 178 valence electrons. The summed E-state index contributed by atoms with van der Waals surface area (Å²) >= 11 is 0. The van der Waals surface area contributed by atoms with E-state index in [2.05, 4.69) is 14.6 Å². The molecule has 0 fully saturated rings. The molecule has 0 aliphatic carbocycles. The van der Waals surface area contributed by atoms with Crippen molar-refractivity contribution in [3.05, 3.63) is 88.2 Å². The zero-order valence-corrected chi connectivity index (χ0v) is 17.7. The fourth-order valence-electron chi connectivity index (χ4n) is 3.26. The molecule has 34 heavy (non-hydrogen) atoms. The van der Waals surface area contributed by atoms with Crippen LogP contribution in [0.4, 0.5) is 27.6 Å². The highest BCUT2D eigenvalue weighted by atomic mass is 32.2. The Kier molecular flexibility index (Phi) is 5.81. The van der Waals surface area contributed by atoms with Crippen LogP contribution in [0, 0.1) is 11.6 Å². The number of fused-ring (bicyclic) bond motifs is 1. The van der Waals surface area contributed by atoms with Crippen LogP contribution in [-0.4, -0.2) is 24.6 Å². The van der Waals surface area contributed by atoms with Crippen molar-refractivity contribution in [2.75, 3.05) is 4.72 Å². The first-order valence-electron chi connectivity index (χ1n) is 9.46. The summed E-state index contributed by atoms with van der Waals surface area (Å²) in [5, 5.41) is 2.63. The Morgan fingerprint density at radius 2 is 1.74 bits per heavy atom. The minimum absolute atomic E-state index is 0.00696. The number of nitrogens with zero attached hydrogens (tertiary/aromatic N) is 1. The van der Waals surface area contributed by atoms with Crippen molar-refractivity contribution in [2.45, 2.75) is 17.8 Å². The maximum atomic E-state index is 13.5. The number of aromatic nitrogens is 2. The monoisotopic (exact) mass is 499 g/mol. The second-order valence-corrected chi connectivity index (χ2v) is 8.82. The molecule has 0 unspecified atom stereocenters. The van der Waals surface area contributed by atoms with Gasteiger partial charge in [0.05, 0.1) is 22.3 Å². The van der Waals surface area contributed by atoms with Gasteiger partial charge in [0.1, 0.15) is 5.75 Å². The Morgan fingerprint density at radius 1 is 0.971 bits per heavy atom. The second kappa shape index (κ2) is 8.48. The van der Waals surface area contributed by atoms with E-state index in [9.17, 15) is 35.2 Å². The number of sulfonamides is 1. The molecule has 4 aromatic rings. The standard InChI is InChI=1S/C21H14F5N3O4S/c22-17-6-4-12(8-18(17)23)11-29-19-7-5-13(9-16(19)20(30)27-29)28-34(31,32)15-3-1-2-14(10-15)33-21(24,25)26/h1-10,28H,11H2,(H,27,30). The van der Waals surface area contributed by atoms with Gasteiger partial charge in [-0.2, -0.15) is 0 Å². The van der Waals surface area contributed by atoms with Crippen LogP contribution in [0.1, 0.15) is 5.56 Å². The summed E-state index contributed by atoms with van der Waals surface area (Å²) in [7, 11) is -4.32. The van der Waals surface area contributed by atoms with E-state index in [4.69, 9.17) is 0 Å². The topological polar surface area (TPSA) is 93.2 Å². The zero-order chi connectivity index (χ0) is 24.7. The van der Waals surface area contributed by atoms with Gasteiger partial charge in [0.2, 0.25) is 0 Å². The van der Waals surface area contributed by atoms with Crippen molar-refractivity contribution in [2.24, 2.45) is 0 Å². The molecular formula is C21H14F5N3O4S. The fraction of sp³-hybridized carbons (Fsp3) is 0.0952. The second-order valence-electron chi connectivity index (χ2n) is 7.14. The number of H-pyrrole nitrogens is 1. The number of anilines is 1. The van der Waals surface area contributed by atoms with E-state index in [0.29, 0.717) is 17.1 Å². The van der Waals surface area contributed by atoms with Gasteiger partial charge in [-0.05, 0) is 48.0 Å². The number of hydrogen-bond acceptors (Lipinski definition) is 4. The number of aromatic amines is 1. The molecule has 0 spiro atoms. The number of hydrogen-bond donors (Lipinski definition) is 2. The molecule has 0 saturated carbocycles.